The van der Waals surface area contributed by atoms with Crippen LogP contribution in [0.25, 0.3) is 0 Å². The van der Waals surface area contributed by atoms with E-state index in [0.29, 0.717) is 5.69 Å². The van der Waals surface area contributed by atoms with Crippen LogP contribution in [0, 0.1) is 0 Å². The van der Waals surface area contributed by atoms with Crippen LogP contribution >= 0.6 is 0 Å². The Morgan fingerprint density at radius 2 is 1.86 bits per heavy atom. The van der Waals surface area contributed by atoms with Gasteiger partial charge in [0.25, 0.3) is 0 Å². The van der Waals surface area contributed by atoms with Crippen LogP contribution in [0.1, 0.15) is 12.0 Å². The third kappa shape index (κ3) is 2.57. The van der Waals surface area contributed by atoms with Gasteiger partial charge >= 0.3 is 0 Å². The van der Waals surface area contributed by atoms with Gasteiger partial charge in [-0.1, -0.05) is 30.3 Å². The van der Waals surface area contributed by atoms with Crippen molar-refractivity contribution in [2.24, 2.45) is 0 Å². The van der Waals surface area contributed by atoms with Crippen molar-refractivity contribution in [1.29, 1.82) is 0 Å². The highest BCUT2D eigenvalue weighted by Gasteiger charge is 2.27. The number of nitrogens with zero attached hydrogens (tertiary/aromatic N) is 1. The summed E-state index contributed by atoms with van der Waals surface area (Å²) in [5.41, 5.74) is 9.70. The molecule has 0 aromatic heterocycles. The van der Waals surface area contributed by atoms with E-state index < -0.39 is 0 Å². The smallest absolute Gasteiger partial charge is 0.247 e. The number of rotatable bonds is 2. The molecular weight excluding hydrogens is 262 g/mol. The first-order valence-corrected chi connectivity index (χ1v) is 7.13. The summed E-state index contributed by atoms with van der Waals surface area (Å²) in [5.74, 6) is 0.0192. The molecule has 0 radical (unpaired) electrons. The van der Waals surface area contributed by atoms with Crippen molar-refractivity contribution < 1.29 is 4.79 Å². The number of nitrogen functional groups attached to an aromatic ring is 1. The van der Waals surface area contributed by atoms with Gasteiger partial charge in [0.15, 0.2) is 0 Å². The lowest BCUT2D eigenvalue weighted by Crippen LogP contribution is -2.41. The third-order valence-electron chi connectivity index (χ3n) is 4.05. The molecule has 0 fully saturated rings. The van der Waals surface area contributed by atoms with E-state index in [1.165, 1.54) is 5.56 Å². The number of hydrogen-bond acceptors (Lipinski definition) is 3. The first kappa shape index (κ1) is 13.5. The number of benzene rings is 2. The molecule has 4 nitrogen and oxygen atoms in total. The molecule has 0 spiro atoms. The molecule has 0 bridgehead atoms. The van der Waals surface area contributed by atoms with Crippen LogP contribution in [-0.4, -0.2) is 19.0 Å². The predicted molar refractivity (Wildman–Crippen MR) is 86.4 cm³/mol. The lowest BCUT2D eigenvalue weighted by Gasteiger charge is -2.28. The number of carbonyl (C=O) groups excluding carboxylic acids is 1. The number of aryl methyl sites for hydroxylation is 1. The van der Waals surface area contributed by atoms with E-state index in [9.17, 15) is 4.79 Å². The predicted octanol–water partition coefficient (Wildman–Crippen LogP) is 2.66. The Kier molecular flexibility index (Phi) is 3.52. The van der Waals surface area contributed by atoms with E-state index in [1.54, 1.807) is 0 Å². The SMILES string of the molecule is CN(c1ccccc1N)C1CCc2ccccc2NC1=O. The van der Waals surface area contributed by atoms with E-state index >= 15 is 0 Å². The van der Waals surface area contributed by atoms with Crippen LogP contribution in [-0.2, 0) is 11.2 Å². The average Bonchev–Trinajstić information content (AvgIpc) is 2.65. The van der Waals surface area contributed by atoms with Crippen LogP contribution in [0.2, 0.25) is 0 Å². The van der Waals surface area contributed by atoms with Gasteiger partial charge in [-0.15, -0.1) is 0 Å². The monoisotopic (exact) mass is 281 g/mol. The lowest BCUT2D eigenvalue weighted by molar-refractivity contribution is -0.117. The van der Waals surface area contributed by atoms with E-state index in [1.807, 2.05) is 54.4 Å². The fourth-order valence-corrected chi connectivity index (χ4v) is 2.85. The molecule has 0 saturated heterocycles. The van der Waals surface area contributed by atoms with Gasteiger partial charge in [-0.2, -0.15) is 0 Å². The number of carbonyl (C=O) groups is 1. The molecule has 1 heterocycles. The summed E-state index contributed by atoms with van der Waals surface area (Å²) in [6.07, 6.45) is 1.64. The molecule has 2 aromatic rings. The molecule has 0 aliphatic carbocycles. The number of amides is 1. The summed E-state index contributed by atoms with van der Waals surface area (Å²) in [7, 11) is 1.92. The van der Waals surface area contributed by atoms with E-state index in [4.69, 9.17) is 5.73 Å². The summed E-state index contributed by atoms with van der Waals surface area (Å²) in [4.78, 5) is 14.5. The van der Waals surface area contributed by atoms with Crippen molar-refractivity contribution in [3.63, 3.8) is 0 Å². The summed E-state index contributed by atoms with van der Waals surface area (Å²) in [6, 6.07) is 15.4. The maximum Gasteiger partial charge on any atom is 0.247 e. The van der Waals surface area contributed by atoms with Crippen molar-refractivity contribution in [3.8, 4) is 0 Å². The first-order chi connectivity index (χ1) is 10.2. The summed E-state index contributed by atoms with van der Waals surface area (Å²) < 4.78 is 0. The van der Waals surface area contributed by atoms with Crippen LogP contribution < -0.4 is 16.0 Å². The van der Waals surface area contributed by atoms with Gasteiger partial charge in [-0.25, -0.2) is 0 Å². The fourth-order valence-electron chi connectivity index (χ4n) is 2.85. The van der Waals surface area contributed by atoms with Gasteiger partial charge in [0.05, 0.1) is 11.4 Å². The van der Waals surface area contributed by atoms with Crippen LogP contribution in [0.4, 0.5) is 17.1 Å². The Morgan fingerprint density at radius 1 is 1.14 bits per heavy atom. The molecule has 1 aliphatic heterocycles. The van der Waals surface area contributed by atoms with Crippen LogP contribution in [0.5, 0.6) is 0 Å². The van der Waals surface area contributed by atoms with E-state index in [0.717, 1.165) is 24.2 Å². The Hall–Kier alpha value is -2.49. The van der Waals surface area contributed by atoms with Gasteiger partial charge in [0, 0.05) is 12.7 Å². The number of anilines is 3. The lowest BCUT2D eigenvalue weighted by atomic mass is 10.0. The Balaban J connectivity index is 1.87. The molecule has 3 N–H and O–H groups in total. The van der Waals surface area contributed by atoms with E-state index in [-0.39, 0.29) is 11.9 Å². The second-order valence-corrected chi connectivity index (χ2v) is 5.37. The highest BCUT2D eigenvalue weighted by molar-refractivity contribution is 5.98. The number of nitrogens with two attached hydrogens (primary N) is 1. The summed E-state index contributed by atoms with van der Waals surface area (Å²) >= 11 is 0. The Labute approximate surface area is 124 Å². The molecule has 0 saturated carbocycles. The minimum absolute atomic E-state index is 0.0192. The molecule has 1 atom stereocenters. The second kappa shape index (κ2) is 5.48. The van der Waals surface area contributed by atoms with E-state index in [2.05, 4.69) is 11.4 Å². The molecule has 4 heteroatoms. The van der Waals surface area contributed by atoms with Gasteiger partial charge in [-0.3, -0.25) is 4.79 Å². The van der Waals surface area contributed by atoms with Crippen LogP contribution in [0.3, 0.4) is 0 Å². The molecular formula is C17H19N3O. The Morgan fingerprint density at radius 3 is 2.67 bits per heavy atom. The largest absolute Gasteiger partial charge is 0.397 e. The van der Waals surface area contributed by atoms with Crippen molar-refractivity contribution in [2.45, 2.75) is 18.9 Å². The average molecular weight is 281 g/mol. The van der Waals surface area contributed by atoms with Crippen molar-refractivity contribution >= 4 is 23.0 Å². The molecule has 3 rings (SSSR count). The number of likely N-dealkylation sites (N-methyl/N-ethyl adjacent to an activating group) is 1. The number of fused-ring (bicyclic) bond motifs is 1. The molecule has 1 amide bonds. The number of hydrogen-bond donors (Lipinski definition) is 2. The summed E-state index contributed by atoms with van der Waals surface area (Å²) in [6.45, 7) is 0. The van der Waals surface area contributed by atoms with Crippen molar-refractivity contribution in [1.82, 2.24) is 0 Å². The van der Waals surface area contributed by atoms with Crippen LogP contribution in [0.15, 0.2) is 48.5 Å². The third-order valence-corrected chi connectivity index (χ3v) is 4.05. The molecule has 1 unspecified atom stereocenters. The number of nitrogens with one attached hydrogen (secondary N) is 1. The fraction of sp³-hybridized carbons (Fsp3) is 0.235. The second-order valence-electron chi connectivity index (χ2n) is 5.37. The number of para-hydroxylation sites is 3. The maximum absolute atomic E-state index is 12.5. The highest BCUT2D eigenvalue weighted by atomic mass is 16.2. The molecule has 2 aromatic carbocycles. The van der Waals surface area contributed by atoms with Crippen molar-refractivity contribution in [2.75, 3.05) is 23.0 Å². The minimum Gasteiger partial charge on any atom is -0.397 e. The first-order valence-electron chi connectivity index (χ1n) is 7.13. The normalized spacial score (nSPS) is 17.6. The van der Waals surface area contributed by atoms with Gasteiger partial charge < -0.3 is 16.0 Å². The topological polar surface area (TPSA) is 58.4 Å². The van der Waals surface area contributed by atoms with Gasteiger partial charge in [0.1, 0.15) is 6.04 Å². The van der Waals surface area contributed by atoms with Gasteiger partial charge in [0.2, 0.25) is 5.91 Å². The Bertz CT molecular complexity index is 669. The van der Waals surface area contributed by atoms with Gasteiger partial charge in [-0.05, 0) is 36.6 Å². The standard InChI is InChI=1S/C17H19N3O/c1-20(15-9-5-3-7-13(15)18)16-11-10-12-6-2-4-8-14(12)19-17(16)21/h2-9,16H,10-11,18H2,1H3,(H,19,21). The quantitative estimate of drug-likeness (QED) is 0.832. The zero-order valence-corrected chi connectivity index (χ0v) is 12.0. The molecule has 108 valence electrons. The minimum atomic E-state index is -0.220. The zero-order chi connectivity index (χ0) is 14.8. The summed E-state index contributed by atoms with van der Waals surface area (Å²) in [5, 5.41) is 3.02. The maximum atomic E-state index is 12.5. The molecule has 21 heavy (non-hydrogen) atoms. The van der Waals surface area contributed by atoms with Crippen molar-refractivity contribution in [3.05, 3.63) is 54.1 Å². The highest BCUT2D eigenvalue weighted by Crippen LogP contribution is 2.28. The molecule has 1 aliphatic rings. The zero-order valence-electron chi connectivity index (χ0n) is 12.0.